The molecular weight excluding hydrogens is 167 g/mol. The molecule has 0 aliphatic heterocycles. The molecule has 0 aromatic heterocycles. The Bertz CT molecular complexity index is 157. The Labute approximate surface area is 83.8 Å². The number of carbonyl (C=O) groups is 3. The first-order valence-electron chi connectivity index (χ1n) is 2.13. The van der Waals surface area contributed by atoms with E-state index >= 15 is 0 Å². The molecule has 0 aliphatic carbocycles. The Balaban J connectivity index is 0. The van der Waals surface area contributed by atoms with Gasteiger partial charge in [0, 0.05) is 6.92 Å². The van der Waals surface area contributed by atoms with Gasteiger partial charge in [0.25, 0.3) is 6.16 Å². The minimum atomic E-state index is -2.06. The molecule has 0 N–H and O–H groups in total. The average Bonchev–Trinajstić information content (AvgIpc) is 1.58. The molecule has 0 radical (unpaired) electrons. The number of ether oxygens (including phenoxy) is 2. The largest absolute Gasteiger partial charge is 1.00 e. The summed E-state index contributed by atoms with van der Waals surface area (Å²) in [6, 6.07) is 0. The fourth-order valence-corrected chi connectivity index (χ4v) is 0.206. The molecule has 0 atom stereocenters. The minimum absolute atomic E-state index is 0. The van der Waals surface area contributed by atoms with Crippen LogP contribution in [0.2, 0.25) is 0 Å². The van der Waals surface area contributed by atoms with Gasteiger partial charge in [0.15, 0.2) is 0 Å². The van der Waals surface area contributed by atoms with Gasteiger partial charge in [-0.25, -0.2) is 4.79 Å². The summed E-state index contributed by atoms with van der Waals surface area (Å²) in [5.41, 5.74) is 0. The summed E-state index contributed by atoms with van der Waals surface area (Å²) in [4.78, 5) is 29.3. The molecule has 0 aliphatic rings. The zero-order valence-electron chi connectivity index (χ0n) is 5.95. The standard InChI is InChI=1S/C4H4O6.Na/c1-2(5)9-4(8)10-3(6)7;/h1H3,(H,6,7);/q;+1/p-1. The second-order valence-electron chi connectivity index (χ2n) is 1.20. The van der Waals surface area contributed by atoms with Crippen molar-refractivity contribution in [2.24, 2.45) is 0 Å². The van der Waals surface area contributed by atoms with E-state index in [1.54, 1.807) is 0 Å². The van der Waals surface area contributed by atoms with Crippen LogP contribution >= 0.6 is 0 Å². The Morgan fingerprint density at radius 3 is 1.91 bits per heavy atom. The van der Waals surface area contributed by atoms with Gasteiger partial charge in [-0.2, -0.15) is 0 Å². The second kappa shape index (κ2) is 6.14. The van der Waals surface area contributed by atoms with E-state index in [1.165, 1.54) is 0 Å². The van der Waals surface area contributed by atoms with E-state index in [1.807, 2.05) is 0 Å². The molecule has 0 saturated heterocycles. The van der Waals surface area contributed by atoms with Crippen LogP contribution < -0.4 is 34.7 Å². The molecule has 0 aromatic carbocycles. The molecule has 56 valence electrons. The molecule has 0 saturated carbocycles. The maximum absolute atomic E-state index is 9.98. The van der Waals surface area contributed by atoms with E-state index in [9.17, 15) is 19.5 Å². The minimum Gasteiger partial charge on any atom is -0.452 e. The number of hydrogen-bond donors (Lipinski definition) is 0. The van der Waals surface area contributed by atoms with E-state index < -0.39 is 18.3 Å². The van der Waals surface area contributed by atoms with Crippen LogP contribution in [-0.2, 0) is 14.3 Å². The smallest absolute Gasteiger partial charge is 0.452 e. The van der Waals surface area contributed by atoms with E-state index in [4.69, 9.17) is 0 Å². The van der Waals surface area contributed by atoms with Crippen LogP contribution in [0.5, 0.6) is 0 Å². The first-order valence-corrected chi connectivity index (χ1v) is 2.13. The summed E-state index contributed by atoms with van der Waals surface area (Å²) < 4.78 is 6.92. The summed E-state index contributed by atoms with van der Waals surface area (Å²) in [5.74, 6) is -0.953. The first kappa shape index (κ1) is 13.0. The van der Waals surface area contributed by atoms with Gasteiger partial charge in [-0.3, -0.25) is 4.79 Å². The van der Waals surface area contributed by atoms with Crippen molar-refractivity contribution in [3.63, 3.8) is 0 Å². The van der Waals surface area contributed by atoms with Crippen LogP contribution in [0, 0.1) is 0 Å². The van der Waals surface area contributed by atoms with Gasteiger partial charge in [0.1, 0.15) is 0 Å². The molecular formula is C4H3NaO6. The van der Waals surface area contributed by atoms with E-state index in [2.05, 4.69) is 9.47 Å². The fourth-order valence-electron chi connectivity index (χ4n) is 0.206. The van der Waals surface area contributed by atoms with E-state index in [0.717, 1.165) is 6.92 Å². The summed E-state index contributed by atoms with van der Waals surface area (Å²) in [6.07, 6.45) is -3.67. The molecule has 7 heteroatoms. The first-order chi connectivity index (χ1) is 4.52. The third kappa shape index (κ3) is 9.41. The topological polar surface area (TPSA) is 92.7 Å². The number of rotatable bonds is 0. The summed E-state index contributed by atoms with van der Waals surface area (Å²) in [6.45, 7) is 0.927. The third-order valence-corrected chi connectivity index (χ3v) is 0.394. The monoisotopic (exact) mass is 170 g/mol. The summed E-state index contributed by atoms with van der Waals surface area (Å²) in [5, 5.41) is 9.45. The number of carbonyl (C=O) groups excluding carboxylic acids is 3. The molecule has 0 bridgehead atoms. The summed E-state index contributed by atoms with van der Waals surface area (Å²) >= 11 is 0. The summed E-state index contributed by atoms with van der Waals surface area (Å²) in [7, 11) is 0. The quantitative estimate of drug-likeness (QED) is 0.209. The van der Waals surface area contributed by atoms with Gasteiger partial charge in [-0.05, 0) is 0 Å². The average molecular weight is 170 g/mol. The van der Waals surface area contributed by atoms with Crippen molar-refractivity contribution in [3.8, 4) is 0 Å². The van der Waals surface area contributed by atoms with Crippen LogP contribution in [0.15, 0.2) is 0 Å². The normalized spacial score (nSPS) is 7.36. The van der Waals surface area contributed by atoms with Crippen molar-refractivity contribution < 1.29 is 58.5 Å². The predicted octanol–water partition coefficient (Wildman–Crippen LogP) is -3.97. The molecule has 0 amide bonds. The van der Waals surface area contributed by atoms with Crippen LogP contribution in [0.25, 0.3) is 0 Å². The number of hydrogen-bond acceptors (Lipinski definition) is 6. The number of carboxylic acid groups (broad SMARTS) is 1. The fraction of sp³-hybridized carbons (Fsp3) is 0.250. The van der Waals surface area contributed by atoms with Crippen molar-refractivity contribution >= 4 is 18.3 Å². The third-order valence-electron chi connectivity index (χ3n) is 0.394. The Morgan fingerprint density at radius 2 is 1.64 bits per heavy atom. The Hall–Kier alpha value is -0.590. The van der Waals surface area contributed by atoms with Crippen molar-refractivity contribution in [3.05, 3.63) is 0 Å². The molecule has 6 nitrogen and oxygen atoms in total. The zero-order chi connectivity index (χ0) is 8.15. The zero-order valence-corrected chi connectivity index (χ0v) is 7.95. The van der Waals surface area contributed by atoms with Gasteiger partial charge in [0.05, 0.1) is 0 Å². The van der Waals surface area contributed by atoms with Gasteiger partial charge in [0.2, 0.25) is 0 Å². The molecule has 0 fully saturated rings. The molecule has 0 spiro atoms. The second-order valence-corrected chi connectivity index (χ2v) is 1.20. The van der Waals surface area contributed by atoms with Crippen LogP contribution in [0.1, 0.15) is 6.92 Å². The molecule has 0 unspecified atom stereocenters. The molecule has 11 heavy (non-hydrogen) atoms. The van der Waals surface area contributed by atoms with Crippen LogP contribution in [0.3, 0.4) is 0 Å². The van der Waals surface area contributed by atoms with Crippen molar-refractivity contribution in [2.75, 3.05) is 0 Å². The van der Waals surface area contributed by atoms with Crippen LogP contribution in [0.4, 0.5) is 9.59 Å². The molecule has 0 aromatic rings. The van der Waals surface area contributed by atoms with Gasteiger partial charge in [-0.15, -0.1) is 0 Å². The Morgan fingerprint density at radius 1 is 1.18 bits per heavy atom. The Kier molecular flexibility index (Phi) is 7.28. The predicted molar refractivity (Wildman–Crippen MR) is 23.6 cm³/mol. The van der Waals surface area contributed by atoms with Gasteiger partial charge >= 0.3 is 41.7 Å². The number of esters is 1. The SMILES string of the molecule is CC(=O)OC(=O)OC(=O)[O-].[Na+]. The van der Waals surface area contributed by atoms with E-state index in [-0.39, 0.29) is 29.6 Å². The van der Waals surface area contributed by atoms with E-state index in [0.29, 0.717) is 0 Å². The van der Waals surface area contributed by atoms with Gasteiger partial charge in [-0.1, -0.05) is 0 Å². The maximum atomic E-state index is 9.98. The van der Waals surface area contributed by atoms with Crippen molar-refractivity contribution in [1.82, 2.24) is 0 Å². The van der Waals surface area contributed by atoms with Crippen molar-refractivity contribution in [1.29, 1.82) is 0 Å². The maximum Gasteiger partial charge on any atom is 1.00 e. The molecule has 0 heterocycles. The molecule has 0 rings (SSSR count). The van der Waals surface area contributed by atoms with Crippen LogP contribution in [-0.4, -0.2) is 18.3 Å². The van der Waals surface area contributed by atoms with Gasteiger partial charge < -0.3 is 19.4 Å². The van der Waals surface area contributed by atoms with Crippen molar-refractivity contribution in [2.45, 2.75) is 6.92 Å².